The lowest BCUT2D eigenvalue weighted by molar-refractivity contribution is 1.26. The van der Waals surface area contributed by atoms with Crippen LogP contribution >= 0.6 is 11.8 Å². The highest BCUT2D eigenvalue weighted by molar-refractivity contribution is 8.14. The molecule has 3 heteroatoms. The molecule has 0 spiro atoms. The molecule has 0 rings (SSSR count). The van der Waals surface area contributed by atoms with Gasteiger partial charge in [-0.3, -0.25) is 4.99 Å². The molecule has 52 valence electrons. The average Bonchev–Trinajstić information content (AvgIpc) is 1.87. The molecule has 2 nitrogen and oxygen atoms in total. The van der Waals surface area contributed by atoms with Crippen LogP contribution in [-0.4, -0.2) is 17.5 Å². The standard InChI is InChI=1S/C6H12N2S/c1-4-5(2)9-6(7)8-3/h4-5H,1H2,2-3H3,(H2,7,8). The summed E-state index contributed by atoms with van der Waals surface area (Å²) in [7, 11) is 1.68. The van der Waals surface area contributed by atoms with Crippen molar-refractivity contribution in [3.63, 3.8) is 0 Å². The Labute approximate surface area is 60.2 Å². The van der Waals surface area contributed by atoms with Gasteiger partial charge in [0.25, 0.3) is 0 Å². The van der Waals surface area contributed by atoms with Crippen LogP contribution in [0.25, 0.3) is 0 Å². The normalized spacial score (nSPS) is 15.1. The van der Waals surface area contributed by atoms with E-state index in [0.717, 1.165) is 0 Å². The molecular formula is C6H12N2S. The van der Waals surface area contributed by atoms with Gasteiger partial charge >= 0.3 is 0 Å². The fourth-order valence-corrected chi connectivity index (χ4v) is 0.874. The van der Waals surface area contributed by atoms with E-state index in [1.54, 1.807) is 7.05 Å². The van der Waals surface area contributed by atoms with Crippen molar-refractivity contribution in [3.8, 4) is 0 Å². The molecular weight excluding hydrogens is 132 g/mol. The molecule has 0 aromatic heterocycles. The summed E-state index contributed by atoms with van der Waals surface area (Å²) in [6.07, 6.45) is 1.84. The van der Waals surface area contributed by atoms with Crippen molar-refractivity contribution < 1.29 is 0 Å². The molecule has 0 aromatic carbocycles. The quantitative estimate of drug-likeness (QED) is 0.360. The zero-order valence-electron chi connectivity index (χ0n) is 5.79. The molecule has 0 heterocycles. The minimum Gasteiger partial charge on any atom is -0.379 e. The van der Waals surface area contributed by atoms with Gasteiger partial charge in [-0.2, -0.15) is 0 Å². The Morgan fingerprint density at radius 2 is 2.44 bits per heavy atom. The third-order valence-electron chi connectivity index (χ3n) is 0.859. The molecule has 0 aromatic rings. The number of rotatable bonds is 2. The molecule has 9 heavy (non-hydrogen) atoms. The monoisotopic (exact) mass is 144 g/mol. The number of nitrogens with two attached hydrogens (primary N) is 1. The van der Waals surface area contributed by atoms with Gasteiger partial charge in [0.1, 0.15) is 0 Å². The Balaban J connectivity index is 3.59. The molecule has 0 aliphatic rings. The third kappa shape index (κ3) is 4.09. The second kappa shape index (κ2) is 4.44. The maximum Gasteiger partial charge on any atom is 0.154 e. The van der Waals surface area contributed by atoms with Gasteiger partial charge in [-0.1, -0.05) is 17.8 Å². The zero-order valence-corrected chi connectivity index (χ0v) is 6.61. The summed E-state index contributed by atoms with van der Waals surface area (Å²) in [5, 5.41) is 0.969. The first-order valence-corrected chi connectivity index (χ1v) is 3.60. The lowest BCUT2D eigenvalue weighted by Crippen LogP contribution is -2.09. The second-order valence-corrected chi connectivity index (χ2v) is 3.02. The highest BCUT2D eigenvalue weighted by Crippen LogP contribution is 2.09. The molecule has 2 N–H and O–H groups in total. The topological polar surface area (TPSA) is 38.4 Å². The van der Waals surface area contributed by atoms with E-state index < -0.39 is 0 Å². The zero-order chi connectivity index (χ0) is 7.28. The molecule has 0 aliphatic carbocycles. The number of aliphatic imine (C=N–C) groups is 1. The Morgan fingerprint density at radius 3 is 2.78 bits per heavy atom. The van der Waals surface area contributed by atoms with Crippen molar-refractivity contribution in [3.05, 3.63) is 12.7 Å². The first kappa shape index (κ1) is 8.56. The van der Waals surface area contributed by atoms with Crippen LogP contribution in [0.5, 0.6) is 0 Å². The molecule has 0 radical (unpaired) electrons. The van der Waals surface area contributed by atoms with Crippen LogP contribution in [-0.2, 0) is 0 Å². The molecule has 0 aliphatic heterocycles. The van der Waals surface area contributed by atoms with E-state index in [0.29, 0.717) is 10.4 Å². The highest BCUT2D eigenvalue weighted by Gasteiger charge is 1.97. The van der Waals surface area contributed by atoms with Gasteiger partial charge in [0.2, 0.25) is 0 Å². The van der Waals surface area contributed by atoms with E-state index in [1.165, 1.54) is 11.8 Å². The van der Waals surface area contributed by atoms with Gasteiger partial charge in [0, 0.05) is 12.3 Å². The number of amidine groups is 1. The first-order valence-electron chi connectivity index (χ1n) is 2.72. The lowest BCUT2D eigenvalue weighted by atomic mass is 10.5. The van der Waals surface area contributed by atoms with E-state index in [4.69, 9.17) is 5.73 Å². The largest absolute Gasteiger partial charge is 0.379 e. The summed E-state index contributed by atoms with van der Waals surface area (Å²) in [5.41, 5.74) is 5.41. The van der Waals surface area contributed by atoms with E-state index >= 15 is 0 Å². The van der Waals surface area contributed by atoms with Crippen LogP contribution in [0.1, 0.15) is 6.92 Å². The summed E-state index contributed by atoms with van der Waals surface area (Å²) in [4.78, 5) is 3.79. The number of hydrogen-bond acceptors (Lipinski definition) is 2. The Hall–Kier alpha value is -0.440. The number of thioether (sulfide) groups is 1. The molecule has 0 saturated heterocycles. The molecule has 1 unspecified atom stereocenters. The maximum absolute atomic E-state index is 5.41. The number of hydrogen-bond donors (Lipinski definition) is 1. The van der Waals surface area contributed by atoms with E-state index in [9.17, 15) is 0 Å². The minimum absolute atomic E-state index is 0.355. The molecule has 1 atom stereocenters. The summed E-state index contributed by atoms with van der Waals surface area (Å²) >= 11 is 1.51. The fraction of sp³-hybridized carbons (Fsp3) is 0.500. The average molecular weight is 144 g/mol. The maximum atomic E-state index is 5.41. The smallest absolute Gasteiger partial charge is 0.154 e. The van der Waals surface area contributed by atoms with Crippen LogP contribution < -0.4 is 5.73 Å². The van der Waals surface area contributed by atoms with E-state index in [-0.39, 0.29) is 0 Å². The van der Waals surface area contributed by atoms with Gasteiger partial charge in [-0.25, -0.2) is 0 Å². The van der Waals surface area contributed by atoms with E-state index in [1.807, 2.05) is 13.0 Å². The SMILES string of the molecule is C=CC(C)SC(N)=NC. The third-order valence-corrected chi connectivity index (χ3v) is 1.85. The van der Waals surface area contributed by atoms with Crippen LogP contribution in [0.2, 0.25) is 0 Å². The van der Waals surface area contributed by atoms with Gasteiger partial charge in [-0.05, 0) is 6.92 Å². The Morgan fingerprint density at radius 1 is 1.89 bits per heavy atom. The molecule has 0 saturated carbocycles. The molecule has 0 fully saturated rings. The van der Waals surface area contributed by atoms with Gasteiger partial charge in [-0.15, -0.1) is 6.58 Å². The van der Waals surface area contributed by atoms with Crippen LogP contribution in [0.3, 0.4) is 0 Å². The van der Waals surface area contributed by atoms with E-state index in [2.05, 4.69) is 11.6 Å². The summed E-state index contributed by atoms with van der Waals surface area (Å²) in [6.45, 7) is 5.64. The lowest BCUT2D eigenvalue weighted by Gasteiger charge is -2.01. The van der Waals surface area contributed by atoms with Gasteiger partial charge < -0.3 is 5.73 Å². The summed E-state index contributed by atoms with van der Waals surface area (Å²) < 4.78 is 0. The summed E-state index contributed by atoms with van der Waals surface area (Å²) in [5.74, 6) is 0. The minimum atomic E-state index is 0.355. The summed E-state index contributed by atoms with van der Waals surface area (Å²) in [6, 6.07) is 0. The van der Waals surface area contributed by atoms with Crippen LogP contribution in [0.4, 0.5) is 0 Å². The van der Waals surface area contributed by atoms with Crippen molar-refractivity contribution >= 4 is 16.9 Å². The van der Waals surface area contributed by atoms with Crippen molar-refractivity contribution in [2.75, 3.05) is 7.05 Å². The second-order valence-electron chi connectivity index (χ2n) is 1.62. The predicted molar refractivity (Wildman–Crippen MR) is 44.8 cm³/mol. The van der Waals surface area contributed by atoms with Gasteiger partial charge in [0.05, 0.1) is 0 Å². The first-order chi connectivity index (χ1) is 4.20. The van der Waals surface area contributed by atoms with Crippen LogP contribution in [0.15, 0.2) is 17.6 Å². The molecule has 0 bridgehead atoms. The van der Waals surface area contributed by atoms with Crippen molar-refractivity contribution in [1.29, 1.82) is 0 Å². The highest BCUT2D eigenvalue weighted by atomic mass is 32.2. The van der Waals surface area contributed by atoms with Gasteiger partial charge in [0.15, 0.2) is 5.17 Å². The van der Waals surface area contributed by atoms with Crippen molar-refractivity contribution in [2.24, 2.45) is 10.7 Å². The van der Waals surface area contributed by atoms with Crippen molar-refractivity contribution in [2.45, 2.75) is 12.2 Å². The van der Waals surface area contributed by atoms with Crippen LogP contribution in [0, 0.1) is 0 Å². The predicted octanol–water partition coefficient (Wildman–Crippen LogP) is 1.24. The fourth-order valence-electron chi connectivity index (χ4n) is 0.291. The Kier molecular flexibility index (Phi) is 4.22. The Bertz CT molecular complexity index is 120. The molecule has 0 amide bonds. The van der Waals surface area contributed by atoms with Crippen molar-refractivity contribution in [1.82, 2.24) is 0 Å². The number of nitrogens with zero attached hydrogens (tertiary/aromatic N) is 1.